The first-order valence-corrected chi connectivity index (χ1v) is 4.88. The van der Waals surface area contributed by atoms with Gasteiger partial charge in [0.1, 0.15) is 5.69 Å². The zero-order valence-electron chi connectivity index (χ0n) is 8.36. The van der Waals surface area contributed by atoms with Crippen LogP contribution in [0.3, 0.4) is 0 Å². The number of hydrogen-bond donors (Lipinski definition) is 2. The number of hydrogen-bond acceptors (Lipinski definition) is 4. The summed E-state index contributed by atoms with van der Waals surface area (Å²) in [4.78, 5) is 21.7. The molecule has 16 heavy (non-hydrogen) atoms. The molecular weight excluding hydrogens is 230 g/mol. The van der Waals surface area contributed by atoms with Gasteiger partial charge in [-0.25, -0.2) is 0 Å². The van der Waals surface area contributed by atoms with Crippen molar-refractivity contribution in [3.05, 3.63) is 39.3 Å². The molecule has 0 spiro atoms. The van der Waals surface area contributed by atoms with E-state index in [9.17, 15) is 9.90 Å². The third-order valence-corrected chi connectivity index (χ3v) is 2.41. The summed E-state index contributed by atoms with van der Waals surface area (Å²) in [6.45, 7) is 1.48. The average Bonchev–Trinajstić information content (AvgIpc) is 2.26. The summed E-state index contributed by atoms with van der Waals surface area (Å²) < 4.78 is 0. The van der Waals surface area contributed by atoms with Gasteiger partial charge >= 0.3 is 0 Å². The number of pyridine rings is 1. The van der Waals surface area contributed by atoms with Crippen molar-refractivity contribution in [3.63, 3.8) is 0 Å². The first kappa shape index (κ1) is 10.6. The highest BCUT2D eigenvalue weighted by Gasteiger charge is 2.11. The molecule has 0 radical (unpaired) electrons. The molecule has 0 saturated heterocycles. The molecule has 0 bridgehead atoms. The van der Waals surface area contributed by atoms with E-state index < -0.39 is 5.56 Å². The van der Waals surface area contributed by atoms with E-state index >= 15 is 0 Å². The van der Waals surface area contributed by atoms with Crippen LogP contribution in [0.25, 0.3) is 11.5 Å². The number of nitrogens with one attached hydrogen (secondary N) is 1. The highest BCUT2D eigenvalue weighted by atomic mass is 35.5. The molecule has 5 nitrogen and oxygen atoms in total. The smallest absolute Gasteiger partial charge is 0.257 e. The van der Waals surface area contributed by atoms with Gasteiger partial charge in [0.15, 0.2) is 5.82 Å². The molecule has 2 heterocycles. The fraction of sp³-hybridized carbons (Fsp3) is 0.100. The number of aromatic nitrogens is 3. The summed E-state index contributed by atoms with van der Waals surface area (Å²) in [5.41, 5.74) is 0.0802. The Hall–Kier alpha value is -1.88. The largest absolute Gasteiger partial charge is 0.493 e. The Balaban J connectivity index is 2.67. The number of nitrogens with zero attached hydrogens (tertiary/aromatic N) is 2. The normalized spacial score (nSPS) is 10.4. The molecule has 0 atom stereocenters. The molecule has 0 aliphatic carbocycles. The predicted octanol–water partition coefficient (Wildman–Crippen LogP) is 1.50. The maximum atomic E-state index is 11.4. The average molecular weight is 238 g/mol. The van der Waals surface area contributed by atoms with E-state index in [1.807, 2.05) is 0 Å². The zero-order valence-corrected chi connectivity index (χ0v) is 9.12. The minimum atomic E-state index is -0.413. The first-order chi connectivity index (χ1) is 7.59. The van der Waals surface area contributed by atoms with E-state index in [0.29, 0.717) is 10.7 Å². The second kappa shape index (κ2) is 3.94. The van der Waals surface area contributed by atoms with E-state index in [2.05, 4.69) is 15.0 Å². The van der Waals surface area contributed by atoms with Crippen LogP contribution in [0.2, 0.25) is 5.02 Å². The van der Waals surface area contributed by atoms with Crippen LogP contribution in [-0.4, -0.2) is 20.1 Å². The third-order valence-electron chi connectivity index (χ3n) is 2.11. The van der Waals surface area contributed by atoms with Crippen LogP contribution < -0.4 is 5.56 Å². The van der Waals surface area contributed by atoms with Crippen molar-refractivity contribution >= 4 is 11.6 Å². The van der Waals surface area contributed by atoms with Gasteiger partial charge in [-0.2, -0.15) is 4.98 Å². The molecule has 0 fully saturated rings. The van der Waals surface area contributed by atoms with Crippen molar-refractivity contribution in [2.24, 2.45) is 0 Å². The van der Waals surface area contributed by atoms with Crippen molar-refractivity contribution < 1.29 is 5.11 Å². The summed E-state index contributed by atoms with van der Waals surface area (Å²) in [6.07, 6.45) is 1.53. The summed E-state index contributed by atoms with van der Waals surface area (Å²) in [6, 6.07) is 3.29. The Kier molecular flexibility index (Phi) is 2.62. The number of aromatic amines is 1. The van der Waals surface area contributed by atoms with Crippen LogP contribution in [0.15, 0.2) is 23.1 Å². The lowest BCUT2D eigenvalue weighted by molar-refractivity contribution is 0.447. The van der Waals surface area contributed by atoms with Gasteiger partial charge in [-0.1, -0.05) is 11.6 Å². The summed E-state index contributed by atoms with van der Waals surface area (Å²) >= 11 is 5.90. The van der Waals surface area contributed by atoms with Crippen LogP contribution in [0.5, 0.6) is 5.88 Å². The summed E-state index contributed by atoms with van der Waals surface area (Å²) in [5.74, 6) is -0.167. The number of rotatable bonds is 1. The third kappa shape index (κ3) is 1.77. The molecule has 6 heteroatoms. The first-order valence-electron chi connectivity index (χ1n) is 4.50. The van der Waals surface area contributed by atoms with Gasteiger partial charge in [-0.05, 0) is 19.1 Å². The van der Waals surface area contributed by atoms with Crippen molar-refractivity contribution in [2.45, 2.75) is 6.92 Å². The Labute approximate surface area is 95.8 Å². The number of H-pyrrole nitrogens is 1. The quantitative estimate of drug-likeness (QED) is 0.788. The molecule has 0 aliphatic rings. The number of halogens is 1. The topological polar surface area (TPSA) is 78.9 Å². The Bertz CT molecular complexity index is 595. The highest BCUT2D eigenvalue weighted by Crippen LogP contribution is 2.22. The molecule has 2 N–H and O–H groups in total. The van der Waals surface area contributed by atoms with Crippen molar-refractivity contribution in [1.82, 2.24) is 15.0 Å². The van der Waals surface area contributed by atoms with Gasteiger partial charge in [-0.15, -0.1) is 0 Å². The van der Waals surface area contributed by atoms with Crippen LogP contribution in [0.1, 0.15) is 5.56 Å². The Morgan fingerprint density at radius 3 is 2.88 bits per heavy atom. The zero-order chi connectivity index (χ0) is 11.7. The lowest BCUT2D eigenvalue weighted by Crippen LogP contribution is -2.12. The van der Waals surface area contributed by atoms with E-state index in [0.717, 1.165) is 0 Å². The molecular formula is C10H8ClN3O2. The van der Waals surface area contributed by atoms with Gasteiger partial charge in [0.25, 0.3) is 5.56 Å². The minimum absolute atomic E-state index is 0.152. The van der Waals surface area contributed by atoms with Gasteiger partial charge in [0.2, 0.25) is 5.88 Å². The van der Waals surface area contributed by atoms with Gasteiger partial charge in [-0.3, -0.25) is 9.78 Å². The van der Waals surface area contributed by atoms with Crippen LogP contribution in [-0.2, 0) is 0 Å². The summed E-state index contributed by atoms with van der Waals surface area (Å²) in [5, 5.41) is 9.79. The number of aromatic hydroxyl groups is 1. The molecule has 0 aliphatic heterocycles. The molecule has 0 unspecified atom stereocenters. The van der Waals surface area contributed by atoms with Gasteiger partial charge < -0.3 is 10.1 Å². The lowest BCUT2D eigenvalue weighted by atomic mass is 10.3. The van der Waals surface area contributed by atoms with E-state index in [4.69, 9.17) is 11.6 Å². The summed E-state index contributed by atoms with van der Waals surface area (Å²) in [7, 11) is 0. The fourth-order valence-corrected chi connectivity index (χ4v) is 1.40. The Morgan fingerprint density at radius 1 is 1.50 bits per heavy atom. The maximum absolute atomic E-state index is 11.4. The minimum Gasteiger partial charge on any atom is -0.493 e. The van der Waals surface area contributed by atoms with Crippen LogP contribution in [0, 0.1) is 6.92 Å². The molecule has 0 amide bonds. The predicted molar refractivity (Wildman–Crippen MR) is 59.5 cm³/mol. The van der Waals surface area contributed by atoms with E-state index in [1.165, 1.54) is 13.1 Å². The van der Waals surface area contributed by atoms with E-state index in [1.54, 1.807) is 12.1 Å². The Morgan fingerprint density at radius 2 is 2.25 bits per heavy atom. The second-order valence-corrected chi connectivity index (χ2v) is 3.60. The van der Waals surface area contributed by atoms with Crippen molar-refractivity contribution in [2.75, 3.05) is 0 Å². The van der Waals surface area contributed by atoms with Crippen molar-refractivity contribution in [1.29, 1.82) is 0 Å². The molecule has 2 rings (SSSR count). The lowest BCUT2D eigenvalue weighted by Gasteiger charge is -2.03. The van der Waals surface area contributed by atoms with Crippen LogP contribution >= 0.6 is 11.6 Å². The van der Waals surface area contributed by atoms with Crippen LogP contribution in [0.4, 0.5) is 0 Å². The molecule has 2 aromatic heterocycles. The standard InChI is InChI=1S/C10H8ClN3O2/c1-5-9(15)13-8(14-10(5)16)7-6(11)3-2-4-12-7/h2-4H,1H3,(H2,13,14,15,16). The monoisotopic (exact) mass is 237 g/mol. The van der Waals surface area contributed by atoms with Gasteiger partial charge in [0, 0.05) is 6.20 Å². The van der Waals surface area contributed by atoms with E-state index in [-0.39, 0.29) is 17.3 Å². The maximum Gasteiger partial charge on any atom is 0.257 e. The SMILES string of the molecule is Cc1c(O)nc(-c2ncccc2Cl)[nH]c1=O. The molecule has 82 valence electrons. The second-order valence-electron chi connectivity index (χ2n) is 3.20. The van der Waals surface area contributed by atoms with Crippen molar-refractivity contribution in [3.8, 4) is 17.4 Å². The highest BCUT2D eigenvalue weighted by molar-refractivity contribution is 6.32. The molecule has 2 aromatic rings. The van der Waals surface area contributed by atoms with Gasteiger partial charge in [0.05, 0.1) is 10.6 Å². The fourth-order valence-electron chi connectivity index (χ4n) is 1.19. The molecule has 0 aromatic carbocycles. The molecule has 0 saturated carbocycles.